The summed E-state index contributed by atoms with van der Waals surface area (Å²) in [6, 6.07) is 19.7. The van der Waals surface area contributed by atoms with Gasteiger partial charge in [-0.3, -0.25) is 4.90 Å². The minimum absolute atomic E-state index is 0.0881. The number of phenolic OH excluding ortho intramolecular Hbond substituents is 2. The van der Waals surface area contributed by atoms with Gasteiger partial charge in [-0.05, 0) is 72.8 Å². The van der Waals surface area contributed by atoms with Crippen molar-refractivity contribution in [1.82, 2.24) is 4.90 Å². The van der Waals surface area contributed by atoms with Crippen molar-refractivity contribution < 1.29 is 24.8 Å². The minimum atomic E-state index is -1.23. The standard InChI is InChI=1S/C30H35NO5/c1-3-30(34)26-13-10-24(33)18-27(26)36-29(28(30)21-4-8-23(32)9-5-21)22-6-11-25(12-7-22)35-17-16-31-15-14-20(2)19-31/h4-13,18,20,28-29,32-34H,3,14-17,19H2,1-2H3. The molecule has 6 heteroatoms. The molecule has 190 valence electrons. The van der Waals surface area contributed by atoms with E-state index >= 15 is 0 Å². The molecule has 4 unspecified atom stereocenters. The minimum Gasteiger partial charge on any atom is -0.508 e. The lowest BCUT2D eigenvalue weighted by atomic mass is 9.69. The van der Waals surface area contributed by atoms with E-state index in [0.29, 0.717) is 24.3 Å². The average molecular weight is 490 g/mol. The summed E-state index contributed by atoms with van der Waals surface area (Å²) in [7, 11) is 0. The Labute approximate surface area is 212 Å². The van der Waals surface area contributed by atoms with Gasteiger partial charge in [0.25, 0.3) is 0 Å². The fourth-order valence-electron chi connectivity index (χ4n) is 5.67. The molecule has 0 radical (unpaired) electrons. The molecular formula is C30H35NO5. The molecule has 3 aromatic rings. The highest BCUT2D eigenvalue weighted by atomic mass is 16.5. The van der Waals surface area contributed by atoms with E-state index in [1.807, 2.05) is 43.3 Å². The number of fused-ring (bicyclic) bond motifs is 1. The van der Waals surface area contributed by atoms with Gasteiger partial charge in [-0.15, -0.1) is 0 Å². The van der Waals surface area contributed by atoms with E-state index in [0.717, 1.165) is 42.4 Å². The van der Waals surface area contributed by atoms with Crippen LogP contribution in [-0.2, 0) is 5.60 Å². The first-order chi connectivity index (χ1) is 17.4. The van der Waals surface area contributed by atoms with E-state index < -0.39 is 17.6 Å². The van der Waals surface area contributed by atoms with E-state index in [9.17, 15) is 15.3 Å². The molecule has 2 aliphatic rings. The molecule has 0 amide bonds. The summed E-state index contributed by atoms with van der Waals surface area (Å²) >= 11 is 0. The molecule has 2 heterocycles. The Balaban J connectivity index is 1.43. The molecule has 4 atom stereocenters. The summed E-state index contributed by atoms with van der Waals surface area (Å²) < 4.78 is 12.5. The highest BCUT2D eigenvalue weighted by molar-refractivity contribution is 5.50. The van der Waals surface area contributed by atoms with Gasteiger partial charge < -0.3 is 24.8 Å². The number of aliphatic hydroxyl groups is 1. The van der Waals surface area contributed by atoms with Crippen molar-refractivity contribution in [3.63, 3.8) is 0 Å². The van der Waals surface area contributed by atoms with Crippen LogP contribution >= 0.6 is 0 Å². The summed E-state index contributed by atoms with van der Waals surface area (Å²) in [4.78, 5) is 2.44. The quantitative estimate of drug-likeness (QED) is 0.416. The Bertz CT molecular complexity index is 1180. The molecule has 0 aromatic heterocycles. The smallest absolute Gasteiger partial charge is 0.134 e. The van der Waals surface area contributed by atoms with Crippen molar-refractivity contribution >= 4 is 0 Å². The van der Waals surface area contributed by atoms with E-state index in [1.165, 1.54) is 6.42 Å². The summed E-state index contributed by atoms with van der Waals surface area (Å²) in [5.41, 5.74) is 1.18. The molecule has 0 spiro atoms. The topological polar surface area (TPSA) is 82.4 Å². The van der Waals surface area contributed by atoms with Gasteiger partial charge in [0, 0.05) is 24.7 Å². The molecule has 36 heavy (non-hydrogen) atoms. The fraction of sp³-hybridized carbons (Fsp3) is 0.400. The van der Waals surface area contributed by atoms with Crippen LogP contribution in [0.15, 0.2) is 66.7 Å². The van der Waals surface area contributed by atoms with Crippen molar-refractivity contribution in [2.45, 2.75) is 44.3 Å². The number of nitrogens with zero attached hydrogens (tertiary/aromatic N) is 1. The molecule has 0 saturated carbocycles. The van der Waals surface area contributed by atoms with Crippen LogP contribution in [0.4, 0.5) is 0 Å². The normalized spacial score (nSPS) is 25.8. The molecule has 6 nitrogen and oxygen atoms in total. The monoisotopic (exact) mass is 489 g/mol. The van der Waals surface area contributed by atoms with Gasteiger partial charge in [0.1, 0.15) is 41.3 Å². The lowest BCUT2D eigenvalue weighted by Gasteiger charge is -2.46. The Morgan fingerprint density at radius 3 is 2.33 bits per heavy atom. The number of likely N-dealkylation sites (tertiary alicyclic amines) is 1. The highest BCUT2D eigenvalue weighted by Gasteiger charge is 2.49. The van der Waals surface area contributed by atoms with Crippen LogP contribution in [0.25, 0.3) is 0 Å². The van der Waals surface area contributed by atoms with E-state index in [-0.39, 0.29) is 11.5 Å². The van der Waals surface area contributed by atoms with Gasteiger partial charge in [-0.25, -0.2) is 0 Å². The number of hydrogen-bond donors (Lipinski definition) is 3. The van der Waals surface area contributed by atoms with Crippen LogP contribution in [0.2, 0.25) is 0 Å². The largest absolute Gasteiger partial charge is 0.508 e. The van der Waals surface area contributed by atoms with Crippen LogP contribution in [0.3, 0.4) is 0 Å². The third-order valence-electron chi connectivity index (χ3n) is 7.69. The molecular weight excluding hydrogens is 454 g/mol. The number of benzene rings is 3. The van der Waals surface area contributed by atoms with Gasteiger partial charge >= 0.3 is 0 Å². The third-order valence-corrected chi connectivity index (χ3v) is 7.69. The lowest BCUT2D eigenvalue weighted by molar-refractivity contribution is -0.0595. The molecule has 0 aliphatic carbocycles. The first kappa shape index (κ1) is 24.5. The number of hydrogen-bond acceptors (Lipinski definition) is 6. The van der Waals surface area contributed by atoms with Gasteiger partial charge in [-0.2, -0.15) is 0 Å². The molecule has 2 aliphatic heterocycles. The van der Waals surface area contributed by atoms with Crippen molar-refractivity contribution in [1.29, 1.82) is 0 Å². The molecule has 5 rings (SSSR count). The van der Waals surface area contributed by atoms with Gasteiger partial charge in [0.05, 0.1) is 5.92 Å². The maximum absolute atomic E-state index is 12.1. The Hall–Kier alpha value is -3.22. The first-order valence-corrected chi connectivity index (χ1v) is 12.8. The number of phenols is 2. The Morgan fingerprint density at radius 1 is 0.972 bits per heavy atom. The van der Waals surface area contributed by atoms with Crippen LogP contribution in [-0.4, -0.2) is 46.5 Å². The predicted octanol–water partition coefficient (Wildman–Crippen LogP) is 5.33. The molecule has 3 N–H and O–H groups in total. The van der Waals surface area contributed by atoms with Crippen LogP contribution < -0.4 is 9.47 Å². The second-order valence-electron chi connectivity index (χ2n) is 10.2. The fourth-order valence-corrected chi connectivity index (χ4v) is 5.67. The van der Waals surface area contributed by atoms with Crippen molar-refractivity contribution in [2.75, 3.05) is 26.2 Å². The second-order valence-corrected chi connectivity index (χ2v) is 10.2. The predicted molar refractivity (Wildman–Crippen MR) is 139 cm³/mol. The lowest BCUT2D eigenvalue weighted by Crippen LogP contribution is -2.42. The third kappa shape index (κ3) is 4.75. The zero-order valence-corrected chi connectivity index (χ0v) is 20.9. The first-order valence-electron chi connectivity index (χ1n) is 12.8. The molecule has 1 saturated heterocycles. The van der Waals surface area contributed by atoms with E-state index in [4.69, 9.17) is 9.47 Å². The summed E-state index contributed by atoms with van der Waals surface area (Å²) in [5.74, 6) is 1.86. The SMILES string of the molecule is CCC1(O)c2ccc(O)cc2OC(c2ccc(OCCN3CCC(C)C3)cc2)C1c1ccc(O)cc1. The van der Waals surface area contributed by atoms with Crippen LogP contribution in [0.5, 0.6) is 23.0 Å². The number of rotatable bonds is 7. The van der Waals surface area contributed by atoms with Crippen molar-refractivity contribution in [3.8, 4) is 23.0 Å². The summed E-state index contributed by atoms with van der Waals surface area (Å²) in [5, 5.41) is 32.0. The zero-order chi connectivity index (χ0) is 25.3. The van der Waals surface area contributed by atoms with Gasteiger partial charge in [0.15, 0.2) is 0 Å². The number of ether oxygens (including phenoxy) is 2. The van der Waals surface area contributed by atoms with Crippen molar-refractivity contribution in [2.24, 2.45) is 5.92 Å². The van der Waals surface area contributed by atoms with Crippen LogP contribution in [0, 0.1) is 5.92 Å². The summed E-state index contributed by atoms with van der Waals surface area (Å²) in [6.45, 7) is 8.08. The molecule has 3 aromatic carbocycles. The van der Waals surface area contributed by atoms with Gasteiger partial charge in [-0.1, -0.05) is 38.1 Å². The highest BCUT2D eigenvalue weighted by Crippen LogP contribution is 2.55. The maximum atomic E-state index is 12.1. The average Bonchev–Trinajstić information content (AvgIpc) is 3.29. The second kappa shape index (κ2) is 10.0. The van der Waals surface area contributed by atoms with E-state index in [1.54, 1.807) is 30.3 Å². The molecule has 0 bridgehead atoms. The zero-order valence-electron chi connectivity index (χ0n) is 20.9. The van der Waals surface area contributed by atoms with Crippen molar-refractivity contribution in [3.05, 3.63) is 83.4 Å². The van der Waals surface area contributed by atoms with Crippen LogP contribution in [0.1, 0.15) is 55.4 Å². The molecule has 1 fully saturated rings. The Morgan fingerprint density at radius 2 is 1.67 bits per heavy atom. The van der Waals surface area contributed by atoms with E-state index in [2.05, 4.69) is 11.8 Å². The maximum Gasteiger partial charge on any atom is 0.134 e. The Kier molecular flexibility index (Phi) is 6.82. The number of aromatic hydroxyl groups is 2. The summed E-state index contributed by atoms with van der Waals surface area (Å²) in [6.07, 6.45) is 1.20. The van der Waals surface area contributed by atoms with Gasteiger partial charge in [0.2, 0.25) is 0 Å².